The Kier molecular flexibility index (Phi) is 4.76. The molecule has 108 valence electrons. The third-order valence-corrected chi connectivity index (χ3v) is 3.22. The van der Waals surface area contributed by atoms with Crippen LogP contribution >= 0.6 is 0 Å². The average Bonchev–Trinajstić information content (AvgIpc) is 3.19. The first-order valence-corrected chi connectivity index (χ1v) is 6.87. The predicted molar refractivity (Wildman–Crippen MR) is 68.6 cm³/mol. The van der Waals surface area contributed by atoms with Crippen LogP contribution in [0.25, 0.3) is 0 Å². The molecular weight excluding hydrogens is 248 g/mol. The van der Waals surface area contributed by atoms with Crippen molar-refractivity contribution in [2.45, 2.75) is 44.9 Å². The summed E-state index contributed by atoms with van der Waals surface area (Å²) in [6, 6.07) is -0.226. The summed E-state index contributed by atoms with van der Waals surface area (Å²) in [5.41, 5.74) is 0. The first kappa shape index (κ1) is 14.3. The van der Waals surface area contributed by atoms with Gasteiger partial charge in [0.15, 0.2) is 0 Å². The number of amides is 2. The second kappa shape index (κ2) is 6.34. The molecule has 6 nitrogen and oxygen atoms in total. The van der Waals surface area contributed by atoms with Gasteiger partial charge in [0.25, 0.3) is 0 Å². The maximum atomic E-state index is 12.1. The average molecular weight is 270 g/mol. The van der Waals surface area contributed by atoms with E-state index in [4.69, 9.17) is 9.47 Å². The molecule has 1 saturated carbocycles. The standard InChI is InChI=1S/C13H22N2O4/c1-9(2)19-8-12(16)15-5-6-18-7-11(15)13(17)14-10-3-4-10/h9-11H,3-8H2,1-2H3,(H,14,17). The fraction of sp³-hybridized carbons (Fsp3) is 0.846. The molecule has 2 amide bonds. The van der Waals surface area contributed by atoms with E-state index in [9.17, 15) is 9.59 Å². The van der Waals surface area contributed by atoms with Crippen LogP contribution in [0.15, 0.2) is 0 Å². The van der Waals surface area contributed by atoms with Gasteiger partial charge in [-0.05, 0) is 26.7 Å². The molecule has 0 spiro atoms. The molecule has 0 aromatic heterocycles. The molecule has 2 fully saturated rings. The first-order chi connectivity index (χ1) is 9.08. The topological polar surface area (TPSA) is 67.9 Å². The van der Waals surface area contributed by atoms with Crippen LogP contribution in [0.3, 0.4) is 0 Å². The molecule has 1 aliphatic carbocycles. The second-order valence-corrected chi connectivity index (χ2v) is 5.32. The Labute approximate surface area is 113 Å². The maximum Gasteiger partial charge on any atom is 0.249 e. The highest BCUT2D eigenvalue weighted by Gasteiger charge is 2.35. The van der Waals surface area contributed by atoms with Crippen LogP contribution in [-0.2, 0) is 19.1 Å². The number of hydrogen-bond donors (Lipinski definition) is 1. The van der Waals surface area contributed by atoms with Crippen molar-refractivity contribution in [3.8, 4) is 0 Å². The number of carbonyl (C=O) groups excluding carboxylic acids is 2. The maximum absolute atomic E-state index is 12.1. The minimum atomic E-state index is -0.516. The lowest BCUT2D eigenvalue weighted by Crippen LogP contribution is -2.57. The quantitative estimate of drug-likeness (QED) is 0.758. The van der Waals surface area contributed by atoms with Crippen molar-refractivity contribution in [2.24, 2.45) is 0 Å². The van der Waals surface area contributed by atoms with Gasteiger partial charge in [-0.3, -0.25) is 9.59 Å². The summed E-state index contributed by atoms with van der Waals surface area (Å²) in [5, 5.41) is 2.92. The summed E-state index contributed by atoms with van der Waals surface area (Å²) in [6.07, 6.45) is 2.07. The van der Waals surface area contributed by atoms with Crippen LogP contribution < -0.4 is 5.32 Å². The predicted octanol–water partition coefficient (Wildman–Crippen LogP) is -0.0826. The summed E-state index contributed by atoms with van der Waals surface area (Å²) in [6.45, 7) is 4.97. The van der Waals surface area contributed by atoms with Crippen LogP contribution in [0.4, 0.5) is 0 Å². The van der Waals surface area contributed by atoms with Gasteiger partial charge in [-0.15, -0.1) is 0 Å². The fourth-order valence-corrected chi connectivity index (χ4v) is 1.97. The number of hydrogen-bond acceptors (Lipinski definition) is 4. The summed E-state index contributed by atoms with van der Waals surface area (Å²) < 4.78 is 10.6. The normalized spacial score (nSPS) is 23.5. The Morgan fingerprint density at radius 2 is 2.16 bits per heavy atom. The molecule has 0 bridgehead atoms. The third-order valence-electron chi connectivity index (χ3n) is 3.22. The molecule has 1 aliphatic heterocycles. The largest absolute Gasteiger partial charge is 0.377 e. The van der Waals surface area contributed by atoms with Crippen molar-refractivity contribution in [3.05, 3.63) is 0 Å². The zero-order valence-electron chi connectivity index (χ0n) is 11.6. The van der Waals surface area contributed by atoms with Crippen molar-refractivity contribution in [3.63, 3.8) is 0 Å². The van der Waals surface area contributed by atoms with E-state index in [1.807, 2.05) is 13.8 Å². The van der Waals surface area contributed by atoms with E-state index in [1.54, 1.807) is 4.90 Å². The molecule has 1 heterocycles. The minimum Gasteiger partial charge on any atom is -0.377 e. The second-order valence-electron chi connectivity index (χ2n) is 5.32. The number of carbonyl (C=O) groups is 2. The molecule has 2 aliphatic rings. The van der Waals surface area contributed by atoms with Gasteiger partial charge in [0.1, 0.15) is 12.6 Å². The summed E-state index contributed by atoms with van der Waals surface area (Å²) in [7, 11) is 0. The Balaban J connectivity index is 1.90. The van der Waals surface area contributed by atoms with Gasteiger partial charge in [-0.2, -0.15) is 0 Å². The molecule has 1 unspecified atom stereocenters. The minimum absolute atomic E-state index is 0.00345. The van der Waals surface area contributed by atoms with E-state index in [0.717, 1.165) is 12.8 Å². The molecule has 0 radical (unpaired) electrons. The highest BCUT2D eigenvalue weighted by atomic mass is 16.5. The Hall–Kier alpha value is -1.14. The van der Waals surface area contributed by atoms with E-state index >= 15 is 0 Å². The van der Waals surface area contributed by atoms with Gasteiger partial charge in [-0.1, -0.05) is 0 Å². The van der Waals surface area contributed by atoms with Gasteiger partial charge in [0.05, 0.1) is 19.3 Å². The van der Waals surface area contributed by atoms with E-state index < -0.39 is 6.04 Å². The summed E-state index contributed by atoms with van der Waals surface area (Å²) in [4.78, 5) is 25.7. The summed E-state index contributed by atoms with van der Waals surface area (Å²) in [5.74, 6) is -0.256. The monoisotopic (exact) mass is 270 g/mol. The lowest BCUT2D eigenvalue weighted by molar-refractivity contribution is -0.152. The highest BCUT2D eigenvalue weighted by molar-refractivity contribution is 5.88. The van der Waals surface area contributed by atoms with Crippen molar-refractivity contribution in [2.75, 3.05) is 26.4 Å². The first-order valence-electron chi connectivity index (χ1n) is 6.87. The van der Waals surface area contributed by atoms with Gasteiger partial charge in [0, 0.05) is 12.6 Å². The van der Waals surface area contributed by atoms with E-state index in [2.05, 4.69) is 5.32 Å². The molecule has 1 N–H and O–H groups in total. The Bertz CT molecular complexity index is 342. The number of nitrogens with zero attached hydrogens (tertiary/aromatic N) is 1. The number of morpholine rings is 1. The molecule has 0 aromatic rings. The Morgan fingerprint density at radius 1 is 1.42 bits per heavy atom. The van der Waals surface area contributed by atoms with E-state index in [0.29, 0.717) is 19.2 Å². The summed E-state index contributed by atoms with van der Waals surface area (Å²) >= 11 is 0. The Morgan fingerprint density at radius 3 is 2.79 bits per heavy atom. The van der Waals surface area contributed by atoms with Crippen LogP contribution in [0.2, 0.25) is 0 Å². The SMILES string of the molecule is CC(C)OCC(=O)N1CCOCC1C(=O)NC1CC1. The van der Waals surface area contributed by atoms with Crippen LogP contribution in [0.5, 0.6) is 0 Å². The van der Waals surface area contributed by atoms with E-state index in [1.165, 1.54) is 0 Å². The van der Waals surface area contributed by atoms with Crippen molar-refractivity contribution < 1.29 is 19.1 Å². The molecule has 19 heavy (non-hydrogen) atoms. The van der Waals surface area contributed by atoms with Crippen LogP contribution in [-0.4, -0.2) is 61.3 Å². The van der Waals surface area contributed by atoms with E-state index in [-0.39, 0.29) is 31.1 Å². The number of nitrogens with one attached hydrogen (secondary N) is 1. The van der Waals surface area contributed by atoms with Crippen molar-refractivity contribution in [1.29, 1.82) is 0 Å². The van der Waals surface area contributed by atoms with Gasteiger partial charge < -0.3 is 19.7 Å². The molecule has 1 saturated heterocycles. The molecule has 0 aromatic carbocycles. The zero-order valence-corrected chi connectivity index (χ0v) is 11.6. The van der Waals surface area contributed by atoms with Crippen molar-refractivity contribution in [1.82, 2.24) is 10.2 Å². The van der Waals surface area contributed by atoms with Crippen LogP contribution in [0, 0.1) is 0 Å². The van der Waals surface area contributed by atoms with Gasteiger partial charge >= 0.3 is 0 Å². The number of ether oxygens (including phenoxy) is 2. The molecule has 2 rings (SSSR count). The lowest BCUT2D eigenvalue weighted by Gasteiger charge is -2.34. The molecule has 1 atom stereocenters. The fourth-order valence-electron chi connectivity index (χ4n) is 1.97. The number of rotatable bonds is 5. The van der Waals surface area contributed by atoms with Crippen LogP contribution in [0.1, 0.15) is 26.7 Å². The van der Waals surface area contributed by atoms with Gasteiger partial charge in [0.2, 0.25) is 11.8 Å². The molecular formula is C13H22N2O4. The van der Waals surface area contributed by atoms with Gasteiger partial charge in [-0.25, -0.2) is 0 Å². The third kappa shape index (κ3) is 4.18. The molecule has 6 heteroatoms. The highest BCUT2D eigenvalue weighted by Crippen LogP contribution is 2.19. The smallest absolute Gasteiger partial charge is 0.249 e. The van der Waals surface area contributed by atoms with Crippen molar-refractivity contribution >= 4 is 11.8 Å². The zero-order chi connectivity index (χ0) is 13.8. The lowest BCUT2D eigenvalue weighted by atomic mass is 10.2.